The van der Waals surface area contributed by atoms with Crippen LogP contribution in [0.15, 0.2) is 92.5 Å². The number of phosphoric acid groups is 4. The number of hydrogen-bond donors (Lipinski definition) is 16. The van der Waals surface area contributed by atoms with E-state index in [1.165, 1.54) is 0 Å². The normalized spacial score (nSPS) is 33.3. The number of halogens is 4. The van der Waals surface area contributed by atoms with E-state index in [0.29, 0.717) is 53.6 Å². The predicted octanol–water partition coefficient (Wildman–Crippen LogP) is 6.66. The van der Waals surface area contributed by atoms with Crippen molar-refractivity contribution in [2.45, 2.75) is 205 Å². The summed E-state index contributed by atoms with van der Waals surface area (Å²) in [5, 5.41) is 120. The van der Waals surface area contributed by atoms with E-state index in [0.717, 1.165) is 51.6 Å². The third kappa shape index (κ3) is 21.0. The van der Waals surface area contributed by atoms with Crippen molar-refractivity contribution in [2.75, 3.05) is 26.3 Å². The zero-order valence-corrected chi connectivity index (χ0v) is 76.5. The molecule has 44 nitrogen and oxygen atoms in total. The zero-order chi connectivity index (χ0) is 102. The summed E-state index contributed by atoms with van der Waals surface area (Å²) >= 11 is 19.5. The maximum atomic E-state index is 16.0. The van der Waals surface area contributed by atoms with E-state index in [1.54, 1.807) is 83.1 Å². The average molecular weight is 2020 g/mol. The van der Waals surface area contributed by atoms with Gasteiger partial charge in [0.1, 0.15) is 117 Å². The molecule has 8 aliphatic rings. The highest BCUT2D eigenvalue weighted by Crippen LogP contribution is 2.61. The predicted molar refractivity (Wildman–Crippen MR) is 451 cm³/mol. The first kappa shape index (κ1) is 93.2. The number of nitrogens with zero attached hydrogens (tertiary/aromatic N) is 4. The number of phosphoric ester groups is 4. The van der Waals surface area contributed by atoms with Gasteiger partial charge in [0.15, 0.2) is 24.9 Å². The number of ether oxygens (including phenoxy) is 4. The molecule has 4 aromatic heterocycles. The highest BCUT2D eigenvalue weighted by molar-refractivity contribution is 7.72. The maximum Gasteiger partial charge on any atom is 0.530 e. The van der Waals surface area contributed by atoms with Crippen LogP contribution in [-0.4, -0.2) is 198 Å². The van der Waals surface area contributed by atoms with Gasteiger partial charge in [-0.15, -0.1) is 0 Å². The Kier molecular flexibility index (Phi) is 27.8. The highest BCUT2D eigenvalue weighted by atomic mass is 32.1. The number of aromatic amines is 4. The fraction of sp³-hybridized carbons (Fsp3) is 0.474. The van der Waals surface area contributed by atoms with Crippen LogP contribution in [-0.2, 0) is 126 Å². The standard InChI is InChI=1S/4C19H22FN2O9PS/c4*1-9-3-10(2)14-11(4-9)7-28-32(27,31-14)29-8-19(20)15(25)13(24)17(30-19)22-5-12(6-23)16(33)21-18(22)26/h4*3-5,13,15,17,23-25H,6-8H2,1-2H3,(H,21,26,33)/t4*13-,15+,17-,19-,32?/m1111/s1/i8D2,17D;17D;8D2;. The number of nitrogens with one attached hydrogen (secondary N) is 4. The molecule has 20 atom stereocenters. The molecule has 8 aromatic rings. The molecule has 0 bridgehead atoms. The molecule has 0 saturated carbocycles. The SMILES string of the molecule is Cc1cc(C)c2c(c1)COP(=O)(OC[C@@]1(F)O[C@@H](n3cc(CO)c(=S)[nH]c3=O)[C@H](O)[C@@H]1O)O2.[2H]C([2H])(OP1(=O)OCc2cc(C)cc(C)c2O1)[C@@]1(F)O[C@@H](n2cc(CO)c(=S)[nH]c2=O)[C@H](O)[C@@H]1O.[2H]C([2H])(OP1(=O)OCc2cc(C)cc(C)c2O1)[C@@]1(F)O[C@@]([2H])(n2cc(CO)c(=S)[nH]c2=O)[C@H](O)[C@@H]1O.[2H][C@@]1(n2cc(CO)c(=S)[nH]c2=O)O[C@](F)(COP2(=O)OCc3cc(C)cc(C)c3O2)[C@@H](O)[C@H]1O. The summed E-state index contributed by atoms with van der Waals surface area (Å²) in [6, 6.07) is 13.9. The van der Waals surface area contributed by atoms with E-state index in [1.807, 2.05) is 20.8 Å². The Morgan fingerprint density at radius 3 is 0.924 bits per heavy atom. The molecule has 0 spiro atoms. The molecule has 16 rings (SSSR count). The number of H-pyrrole nitrogens is 4. The summed E-state index contributed by atoms with van der Waals surface area (Å²) in [4.78, 5) is 57.9. The molecule has 132 heavy (non-hydrogen) atoms. The zero-order valence-electron chi connectivity index (χ0n) is 75.7. The summed E-state index contributed by atoms with van der Waals surface area (Å²) in [5.41, 5.74) is 4.10. The third-order valence-electron chi connectivity index (χ3n) is 20.7. The Labute approximate surface area is 770 Å². The first-order valence-corrected chi connectivity index (χ1v) is 46.2. The summed E-state index contributed by atoms with van der Waals surface area (Å²) in [7, 11) is -18.3. The minimum absolute atomic E-state index is 0.0122. The molecule has 4 aromatic carbocycles. The van der Waals surface area contributed by atoms with Crippen LogP contribution in [0.1, 0.15) is 122 Å². The number of aryl methyl sites for hydroxylation is 8. The Morgan fingerprint density at radius 1 is 0.386 bits per heavy atom. The van der Waals surface area contributed by atoms with Gasteiger partial charge in [-0.1, -0.05) is 120 Å². The van der Waals surface area contributed by atoms with Gasteiger partial charge in [-0.2, -0.15) is 0 Å². The number of alkyl halides is 4. The quantitative estimate of drug-likeness (QED) is 0.0215. The van der Waals surface area contributed by atoms with E-state index in [4.69, 9.17) is 130 Å². The van der Waals surface area contributed by atoms with Gasteiger partial charge < -0.3 is 98.3 Å². The molecular weight excluding hydrogens is 1930 g/mol. The fourth-order valence-corrected chi connectivity index (χ4v) is 20.0. The van der Waals surface area contributed by atoms with Crippen molar-refractivity contribution in [3.63, 3.8) is 0 Å². The molecule has 12 heterocycles. The van der Waals surface area contributed by atoms with Crippen LogP contribution in [0.25, 0.3) is 0 Å². The van der Waals surface area contributed by atoms with Crippen molar-refractivity contribution in [2.24, 2.45) is 0 Å². The number of aliphatic hydroxyl groups is 12. The van der Waals surface area contributed by atoms with Crippen LogP contribution in [0.5, 0.6) is 23.0 Å². The van der Waals surface area contributed by atoms with E-state index in [9.17, 15) is 98.7 Å². The fourth-order valence-electron chi connectivity index (χ4n) is 14.2. The second kappa shape index (κ2) is 39.3. The van der Waals surface area contributed by atoms with Gasteiger partial charge in [-0.3, -0.25) is 74.4 Å². The van der Waals surface area contributed by atoms with Gasteiger partial charge in [-0.05, 0) is 77.6 Å². The summed E-state index contributed by atoms with van der Waals surface area (Å²) in [6.45, 7) is 0.747. The van der Waals surface area contributed by atoms with Crippen molar-refractivity contribution < 1.29 is 179 Å². The molecule has 8 aliphatic heterocycles. The molecule has 16 N–H and O–H groups in total. The number of rotatable bonds is 20. The van der Waals surface area contributed by atoms with Gasteiger partial charge in [-0.25, -0.2) is 55.0 Å². The Balaban J connectivity index is 0.000000155. The highest BCUT2D eigenvalue weighted by Gasteiger charge is 2.62. The number of hydrogen-bond acceptors (Lipinski definition) is 40. The molecule has 4 fully saturated rings. The lowest BCUT2D eigenvalue weighted by molar-refractivity contribution is -0.205. The van der Waals surface area contributed by atoms with Gasteiger partial charge in [0.2, 0.25) is 0 Å². The second-order valence-electron chi connectivity index (χ2n) is 30.7. The monoisotopic (exact) mass is 2020 g/mol. The number of benzene rings is 4. The third-order valence-corrected chi connectivity index (χ3v) is 27.1. The largest absolute Gasteiger partial charge is 0.530 e. The molecule has 0 radical (unpaired) electrons. The summed E-state index contributed by atoms with van der Waals surface area (Å²) in [5.74, 6) is -13.5. The number of fused-ring (bicyclic) bond motifs is 4. The molecular formula is C76H88F4N8O36P4S4. The van der Waals surface area contributed by atoms with Crippen LogP contribution >= 0.6 is 80.2 Å². The first-order chi connectivity index (χ1) is 64.1. The van der Waals surface area contributed by atoms with E-state index >= 15 is 17.6 Å². The second-order valence-corrected chi connectivity index (χ2v) is 38.6. The molecule has 720 valence electrons. The summed E-state index contributed by atoms with van der Waals surface area (Å²) in [6.07, 6.45) is -25.0. The lowest BCUT2D eigenvalue weighted by Gasteiger charge is -2.29. The maximum absolute atomic E-state index is 16.0. The van der Waals surface area contributed by atoms with Crippen LogP contribution in [0.2, 0.25) is 0 Å². The van der Waals surface area contributed by atoms with Crippen LogP contribution < -0.4 is 40.9 Å². The van der Waals surface area contributed by atoms with Crippen LogP contribution in [0.4, 0.5) is 17.6 Å². The molecule has 0 amide bonds. The van der Waals surface area contributed by atoms with Gasteiger partial charge in [0, 0.05) is 69.3 Å². The van der Waals surface area contributed by atoms with Crippen molar-refractivity contribution in [3.05, 3.63) is 223 Å². The van der Waals surface area contributed by atoms with Crippen LogP contribution in [0, 0.1) is 74.0 Å². The lowest BCUT2D eigenvalue weighted by atomic mass is 10.1. The molecule has 4 saturated heterocycles. The Morgan fingerprint density at radius 2 is 0.621 bits per heavy atom. The van der Waals surface area contributed by atoms with Crippen molar-refractivity contribution in [1.29, 1.82) is 0 Å². The minimum atomic E-state index is -4.86. The van der Waals surface area contributed by atoms with E-state index < -0.39 is 204 Å². The Bertz CT molecular complexity index is 6880. The molecule has 56 heteroatoms. The number of aliphatic hydroxyl groups excluding tert-OH is 12. The van der Waals surface area contributed by atoms with E-state index in [2.05, 4.69) is 19.9 Å². The molecule has 4 unspecified atom stereocenters. The van der Waals surface area contributed by atoms with Gasteiger partial charge in [0.05, 0.1) is 61.1 Å². The average Bonchev–Trinajstić information content (AvgIpc) is 1.56. The topological polar surface area (TPSA) is 610 Å². The van der Waals surface area contributed by atoms with Gasteiger partial charge in [0.25, 0.3) is 23.4 Å². The van der Waals surface area contributed by atoms with Crippen LogP contribution in [0.3, 0.4) is 0 Å². The molecule has 0 aliphatic carbocycles. The number of aromatic nitrogens is 8. The van der Waals surface area contributed by atoms with Gasteiger partial charge >= 0.3 is 54.0 Å². The van der Waals surface area contributed by atoms with Crippen molar-refractivity contribution >= 4 is 80.2 Å². The van der Waals surface area contributed by atoms with Crippen molar-refractivity contribution in [3.8, 4) is 23.0 Å². The van der Waals surface area contributed by atoms with Crippen molar-refractivity contribution in [1.82, 2.24) is 38.2 Å². The Hall–Kier alpha value is -7.84. The minimum Gasteiger partial charge on any atom is -0.403 e. The lowest BCUT2D eigenvalue weighted by Crippen LogP contribution is -2.43. The summed E-state index contributed by atoms with van der Waals surface area (Å²) < 4.78 is 247. The first-order valence-electron chi connectivity index (χ1n) is 41.7. The van der Waals surface area contributed by atoms with E-state index in [-0.39, 0.29) is 94.8 Å². The smallest absolute Gasteiger partial charge is 0.403 e.